The summed E-state index contributed by atoms with van der Waals surface area (Å²) in [5.74, 6) is 0.465. The summed E-state index contributed by atoms with van der Waals surface area (Å²) < 4.78 is 5.28. The van der Waals surface area contributed by atoms with Gasteiger partial charge in [-0.3, -0.25) is 9.59 Å². The first-order valence-electron chi connectivity index (χ1n) is 14.8. The monoisotopic (exact) mass is 537 g/mol. The molecule has 5 aliphatic carbocycles. The molecule has 0 bridgehead atoms. The minimum Gasteiger partial charge on any atom is -0.497 e. The van der Waals surface area contributed by atoms with Crippen LogP contribution in [0.5, 0.6) is 5.75 Å². The van der Waals surface area contributed by atoms with Crippen molar-refractivity contribution >= 4 is 11.7 Å². The molecule has 9 atom stereocenters. The van der Waals surface area contributed by atoms with Crippen molar-refractivity contribution in [2.75, 3.05) is 7.11 Å². The number of amides is 1. The number of nitrogens with zero attached hydrogens (tertiary/aromatic N) is 1. The number of hydrogen-bond donors (Lipinski definition) is 3. The predicted octanol–water partition coefficient (Wildman–Crippen LogP) is 3.89. The van der Waals surface area contributed by atoms with Crippen LogP contribution in [0.4, 0.5) is 0 Å². The van der Waals surface area contributed by atoms with E-state index in [0.717, 1.165) is 37.7 Å². The Morgan fingerprint density at radius 2 is 1.72 bits per heavy atom. The van der Waals surface area contributed by atoms with Crippen LogP contribution in [0, 0.1) is 28.6 Å². The number of rotatable bonds is 5. The molecule has 7 heteroatoms. The first-order chi connectivity index (χ1) is 18.4. The number of ketones is 1. The van der Waals surface area contributed by atoms with E-state index in [2.05, 4.69) is 25.7 Å². The second kappa shape index (κ2) is 9.15. The molecule has 7 unspecified atom stereocenters. The van der Waals surface area contributed by atoms with Gasteiger partial charge in [0.2, 0.25) is 0 Å². The summed E-state index contributed by atoms with van der Waals surface area (Å²) in [6, 6.07) is 7.45. The van der Waals surface area contributed by atoms with E-state index in [1.807, 2.05) is 24.3 Å². The van der Waals surface area contributed by atoms with Gasteiger partial charge in [0.05, 0.1) is 24.9 Å². The lowest BCUT2D eigenvalue weighted by Gasteiger charge is -2.60. The summed E-state index contributed by atoms with van der Waals surface area (Å²) in [5, 5.41) is 33.4. The van der Waals surface area contributed by atoms with Crippen molar-refractivity contribution in [3.63, 3.8) is 0 Å². The van der Waals surface area contributed by atoms with Crippen molar-refractivity contribution < 1.29 is 29.6 Å². The van der Waals surface area contributed by atoms with Gasteiger partial charge in [-0.05, 0) is 111 Å². The van der Waals surface area contributed by atoms with Gasteiger partial charge in [-0.25, -0.2) is 0 Å². The minimum atomic E-state index is -1.13. The number of fused-ring (bicyclic) bond motifs is 5. The van der Waals surface area contributed by atoms with E-state index >= 15 is 0 Å². The standard InChI is InChI=1S/C32H43NO6/c1-18(33(20-7-8-20)29(37)19-5-9-21(39-4)10-6-19)22-12-14-32(38)24-15-26(34)25-16-27(35)28(36)17-30(25,2)23(24)11-13-31(22,32)3/h5-6,9-10,15,18,20,22-23,25,27-28,35-36,38H,7-8,11-14,16-17H2,1-4H3/t18?,22?,23?,25?,27?,28?,30?,31-,32-/m1/s1. The first kappa shape index (κ1) is 27.0. The average Bonchev–Trinajstić information content (AvgIpc) is 3.69. The van der Waals surface area contributed by atoms with Gasteiger partial charge in [-0.1, -0.05) is 13.8 Å². The largest absolute Gasteiger partial charge is 0.497 e. The fourth-order valence-corrected chi connectivity index (χ4v) is 9.30. The molecule has 39 heavy (non-hydrogen) atoms. The molecule has 212 valence electrons. The molecule has 0 aromatic heterocycles. The van der Waals surface area contributed by atoms with Gasteiger partial charge >= 0.3 is 0 Å². The number of carbonyl (C=O) groups is 2. The van der Waals surface area contributed by atoms with Gasteiger partial charge in [0.1, 0.15) is 5.75 Å². The maximum Gasteiger partial charge on any atom is 0.254 e. The number of allylic oxidation sites excluding steroid dienone is 1. The van der Waals surface area contributed by atoms with Crippen LogP contribution in [0.15, 0.2) is 35.9 Å². The average molecular weight is 538 g/mol. The quantitative estimate of drug-likeness (QED) is 0.526. The highest BCUT2D eigenvalue weighted by Gasteiger charge is 2.67. The highest BCUT2D eigenvalue weighted by atomic mass is 16.5. The molecule has 3 N–H and O–H groups in total. The van der Waals surface area contributed by atoms with Crippen LogP contribution in [0.25, 0.3) is 0 Å². The number of aliphatic hydroxyl groups excluding tert-OH is 2. The third-order valence-corrected chi connectivity index (χ3v) is 11.7. The molecule has 0 radical (unpaired) electrons. The molecular weight excluding hydrogens is 494 g/mol. The Morgan fingerprint density at radius 3 is 2.36 bits per heavy atom. The van der Waals surface area contributed by atoms with Gasteiger partial charge < -0.3 is 25.0 Å². The lowest BCUT2D eigenvalue weighted by Crippen LogP contribution is -2.61. The molecule has 0 heterocycles. The fourth-order valence-electron chi connectivity index (χ4n) is 9.30. The molecule has 1 aromatic carbocycles. The molecule has 6 rings (SSSR count). The van der Waals surface area contributed by atoms with Gasteiger partial charge in [0.25, 0.3) is 5.91 Å². The Hall–Kier alpha value is -2.22. The highest BCUT2D eigenvalue weighted by molar-refractivity contribution is 5.95. The van der Waals surface area contributed by atoms with Crippen LogP contribution >= 0.6 is 0 Å². The van der Waals surface area contributed by atoms with Crippen LogP contribution in [0.2, 0.25) is 0 Å². The lowest BCUT2D eigenvalue weighted by molar-refractivity contribution is -0.153. The van der Waals surface area contributed by atoms with Crippen molar-refractivity contribution in [3.8, 4) is 5.75 Å². The summed E-state index contributed by atoms with van der Waals surface area (Å²) in [4.78, 5) is 29.3. The number of hydrogen-bond acceptors (Lipinski definition) is 6. The van der Waals surface area contributed by atoms with Crippen LogP contribution in [0.3, 0.4) is 0 Å². The maximum atomic E-state index is 13.8. The molecule has 1 amide bonds. The molecule has 0 spiro atoms. The number of carbonyl (C=O) groups excluding carboxylic acids is 2. The van der Waals surface area contributed by atoms with E-state index in [9.17, 15) is 24.9 Å². The zero-order valence-corrected chi connectivity index (χ0v) is 23.6. The summed E-state index contributed by atoms with van der Waals surface area (Å²) in [5.41, 5.74) is -0.603. The predicted molar refractivity (Wildman–Crippen MR) is 146 cm³/mol. The Morgan fingerprint density at radius 1 is 1.03 bits per heavy atom. The Kier molecular flexibility index (Phi) is 6.33. The molecule has 4 fully saturated rings. The van der Waals surface area contributed by atoms with Crippen molar-refractivity contribution in [2.45, 2.75) is 102 Å². The number of ether oxygens (including phenoxy) is 1. The van der Waals surface area contributed by atoms with E-state index in [0.29, 0.717) is 24.2 Å². The summed E-state index contributed by atoms with van der Waals surface area (Å²) in [6.07, 6.45) is 5.57. The van der Waals surface area contributed by atoms with E-state index in [-0.39, 0.29) is 47.9 Å². The van der Waals surface area contributed by atoms with Crippen LogP contribution in [0.1, 0.15) is 82.5 Å². The third-order valence-electron chi connectivity index (χ3n) is 11.7. The second-order valence-corrected chi connectivity index (χ2v) is 13.6. The Balaban J connectivity index is 1.31. The van der Waals surface area contributed by atoms with E-state index in [1.54, 1.807) is 13.2 Å². The van der Waals surface area contributed by atoms with Gasteiger partial charge in [0.15, 0.2) is 5.78 Å². The zero-order valence-electron chi connectivity index (χ0n) is 23.6. The van der Waals surface area contributed by atoms with Crippen LogP contribution in [-0.2, 0) is 4.79 Å². The SMILES string of the molecule is COc1ccc(C(=O)N(C2CC2)C(C)C2CC[C@@]3(O)C4=CC(=O)C5CC(O)C(O)CC5(C)C4CC[C@]23C)cc1. The minimum absolute atomic E-state index is 0.00468. The topological polar surface area (TPSA) is 107 Å². The van der Waals surface area contributed by atoms with E-state index in [4.69, 9.17) is 4.74 Å². The fraction of sp³-hybridized carbons (Fsp3) is 0.688. The molecule has 1 aromatic rings. The van der Waals surface area contributed by atoms with Crippen LogP contribution < -0.4 is 4.74 Å². The smallest absolute Gasteiger partial charge is 0.254 e. The number of benzene rings is 1. The van der Waals surface area contributed by atoms with E-state index in [1.165, 1.54) is 0 Å². The van der Waals surface area contributed by atoms with Crippen molar-refractivity contribution in [3.05, 3.63) is 41.5 Å². The summed E-state index contributed by atoms with van der Waals surface area (Å²) in [6.45, 7) is 6.38. The molecule has 0 saturated heterocycles. The van der Waals surface area contributed by atoms with E-state index < -0.39 is 28.6 Å². The first-order valence-corrected chi connectivity index (χ1v) is 14.8. The number of aliphatic hydroxyl groups is 3. The Labute approximate surface area is 231 Å². The van der Waals surface area contributed by atoms with Gasteiger partial charge in [-0.2, -0.15) is 0 Å². The van der Waals surface area contributed by atoms with Gasteiger partial charge in [-0.15, -0.1) is 0 Å². The van der Waals surface area contributed by atoms with Crippen molar-refractivity contribution in [2.24, 2.45) is 28.6 Å². The molecule has 4 saturated carbocycles. The molecular formula is C32H43NO6. The molecule has 5 aliphatic rings. The summed E-state index contributed by atoms with van der Waals surface area (Å²) in [7, 11) is 1.61. The zero-order chi connectivity index (χ0) is 27.9. The normalized spacial score (nSPS) is 42.1. The molecule has 7 nitrogen and oxygen atoms in total. The van der Waals surface area contributed by atoms with Crippen molar-refractivity contribution in [1.29, 1.82) is 0 Å². The second-order valence-electron chi connectivity index (χ2n) is 13.6. The van der Waals surface area contributed by atoms with Gasteiger partial charge in [0, 0.05) is 29.0 Å². The maximum absolute atomic E-state index is 13.8. The molecule has 0 aliphatic heterocycles. The Bertz CT molecular complexity index is 1190. The number of methoxy groups -OCH3 is 1. The summed E-state index contributed by atoms with van der Waals surface area (Å²) >= 11 is 0. The third kappa shape index (κ3) is 3.86. The highest BCUT2D eigenvalue weighted by Crippen LogP contribution is 2.68. The van der Waals surface area contributed by atoms with Crippen LogP contribution in [-0.4, -0.2) is 68.9 Å². The lowest BCUT2D eigenvalue weighted by atomic mass is 9.46. The van der Waals surface area contributed by atoms with Crippen molar-refractivity contribution in [1.82, 2.24) is 4.90 Å².